The Morgan fingerprint density at radius 3 is 2.38 bits per heavy atom. The van der Waals surface area contributed by atoms with Crippen molar-refractivity contribution < 1.29 is 18.3 Å². The average Bonchev–Trinajstić information content (AvgIpc) is 2.26. The molecule has 0 fully saturated rings. The van der Waals surface area contributed by atoms with Crippen LogP contribution in [0.2, 0.25) is 0 Å². The molecule has 1 atom stereocenters. The SMILES string of the molecule is COc1cc(OC(F)F)cc(C(C)C#N)c1. The minimum atomic E-state index is -2.89. The summed E-state index contributed by atoms with van der Waals surface area (Å²) in [6.45, 7) is -1.22. The maximum atomic E-state index is 12.0. The van der Waals surface area contributed by atoms with Gasteiger partial charge in [-0.15, -0.1) is 0 Å². The molecule has 0 bridgehead atoms. The highest BCUT2D eigenvalue weighted by molar-refractivity contribution is 5.41. The van der Waals surface area contributed by atoms with Gasteiger partial charge in [0.15, 0.2) is 0 Å². The molecule has 1 aromatic rings. The molecular weight excluding hydrogens is 216 g/mol. The average molecular weight is 227 g/mol. The quantitative estimate of drug-likeness (QED) is 0.794. The molecule has 16 heavy (non-hydrogen) atoms. The lowest BCUT2D eigenvalue weighted by Gasteiger charge is -2.10. The van der Waals surface area contributed by atoms with Crippen LogP contribution in [0.1, 0.15) is 18.4 Å². The summed E-state index contributed by atoms with van der Waals surface area (Å²) in [6.07, 6.45) is 0. The minimum Gasteiger partial charge on any atom is -0.497 e. The Morgan fingerprint density at radius 1 is 1.25 bits per heavy atom. The standard InChI is InChI=1S/C11H11F2NO2/c1-7(6-14)8-3-9(15-2)5-10(4-8)16-11(12)13/h3-5,7,11H,1-2H3. The van der Waals surface area contributed by atoms with Crippen molar-refractivity contribution in [1.29, 1.82) is 5.26 Å². The molecule has 3 nitrogen and oxygen atoms in total. The Kier molecular flexibility index (Phi) is 4.06. The van der Waals surface area contributed by atoms with Crippen LogP contribution < -0.4 is 9.47 Å². The molecule has 0 amide bonds. The summed E-state index contributed by atoms with van der Waals surface area (Å²) in [6, 6.07) is 6.38. The largest absolute Gasteiger partial charge is 0.497 e. The molecule has 0 N–H and O–H groups in total. The Labute approximate surface area is 92.2 Å². The van der Waals surface area contributed by atoms with Gasteiger partial charge in [0.05, 0.1) is 19.1 Å². The van der Waals surface area contributed by atoms with Crippen molar-refractivity contribution in [2.45, 2.75) is 19.5 Å². The zero-order chi connectivity index (χ0) is 12.1. The predicted octanol–water partition coefficient (Wildman–Crippen LogP) is 2.92. The van der Waals surface area contributed by atoms with Crippen molar-refractivity contribution in [2.75, 3.05) is 7.11 Å². The smallest absolute Gasteiger partial charge is 0.387 e. The number of methoxy groups -OCH3 is 1. The van der Waals surface area contributed by atoms with E-state index < -0.39 is 12.5 Å². The van der Waals surface area contributed by atoms with Crippen molar-refractivity contribution in [3.8, 4) is 17.6 Å². The number of benzene rings is 1. The molecule has 86 valence electrons. The van der Waals surface area contributed by atoms with Crippen LogP contribution in [0.25, 0.3) is 0 Å². The predicted molar refractivity (Wildman–Crippen MR) is 53.7 cm³/mol. The van der Waals surface area contributed by atoms with Crippen LogP contribution in [0.4, 0.5) is 8.78 Å². The van der Waals surface area contributed by atoms with Crippen LogP contribution in [-0.4, -0.2) is 13.7 Å². The molecule has 0 aromatic heterocycles. The van der Waals surface area contributed by atoms with E-state index in [9.17, 15) is 8.78 Å². The van der Waals surface area contributed by atoms with Crippen LogP contribution in [0, 0.1) is 11.3 Å². The molecule has 1 unspecified atom stereocenters. The van der Waals surface area contributed by atoms with Gasteiger partial charge in [-0.05, 0) is 24.6 Å². The number of hydrogen-bond acceptors (Lipinski definition) is 3. The molecule has 0 saturated carbocycles. The third-order valence-electron chi connectivity index (χ3n) is 2.06. The second-order valence-electron chi connectivity index (χ2n) is 3.17. The number of halogens is 2. The highest BCUT2D eigenvalue weighted by Crippen LogP contribution is 2.28. The lowest BCUT2D eigenvalue weighted by atomic mass is 10.0. The van der Waals surface area contributed by atoms with E-state index in [2.05, 4.69) is 4.74 Å². The van der Waals surface area contributed by atoms with Gasteiger partial charge in [0.2, 0.25) is 0 Å². The number of ether oxygens (including phenoxy) is 2. The van der Waals surface area contributed by atoms with Gasteiger partial charge in [-0.25, -0.2) is 0 Å². The molecule has 0 heterocycles. The first kappa shape index (κ1) is 12.2. The number of nitrogens with zero attached hydrogens (tertiary/aromatic N) is 1. The highest BCUT2D eigenvalue weighted by atomic mass is 19.3. The summed E-state index contributed by atoms with van der Waals surface area (Å²) in [5, 5.41) is 8.74. The number of alkyl halides is 2. The van der Waals surface area contributed by atoms with Crippen LogP contribution >= 0.6 is 0 Å². The van der Waals surface area contributed by atoms with E-state index in [1.165, 1.54) is 19.2 Å². The monoisotopic (exact) mass is 227 g/mol. The summed E-state index contributed by atoms with van der Waals surface area (Å²) in [7, 11) is 1.42. The molecule has 0 radical (unpaired) electrons. The fraction of sp³-hybridized carbons (Fsp3) is 0.364. The topological polar surface area (TPSA) is 42.2 Å². The summed E-state index contributed by atoms with van der Waals surface area (Å²) >= 11 is 0. The summed E-state index contributed by atoms with van der Waals surface area (Å²) in [5.74, 6) is -0.0307. The zero-order valence-electron chi connectivity index (χ0n) is 8.91. The van der Waals surface area contributed by atoms with E-state index in [-0.39, 0.29) is 5.75 Å². The first-order chi connectivity index (χ1) is 7.56. The third kappa shape index (κ3) is 3.09. The van der Waals surface area contributed by atoms with Crippen molar-refractivity contribution in [2.24, 2.45) is 0 Å². The summed E-state index contributed by atoms with van der Waals surface area (Å²) in [5.41, 5.74) is 0.581. The van der Waals surface area contributed by atoms with E-state index >= 15 is 0 Å². The Balaban J connectivity index is 3.06. The fourth-order valence-electron chi connectivity index (χ4n) is 1.21. The normalized spacial score (nSPS) is 12.0. The van der Waals surface area contributed by atoms with E-state index in [1.807, 2.05) is 6.07 Å². The maximum Gasteiger partial charge on any atom is 0.387 e. The van der Waals surface area contributed by atoms with Crippen LogP contribution in [-0.2, 0) is 0 Å². The molecular formula is C11H11F2NO2. The Hall–Kier alpha value is -1.83. The number of nitriles is 1. The van der Waals surface area contributed by atoms with Crippen LogP contribution in [0.15, 0.2) is 18.2 Å². The van der Waals surface area contributed by atoms with Gasteiger partial charge in [-0.3, -0.25) is 0 Å². The van der Waals surface area contributed by atoms with Gasteiger partial charge in [0.1, 0.15) is 11.5 Å². The minimum absolute atomic E-state index is 0.00792. The number of rotatable bonds is 4. The molecule has 0 aliphatic carbocycles. The molecule has 1 rings (SSSR count). The lowest BCUT2D eigenvalue weighted by Crippen LogP contribution is -2.03. The third-order valence-corrected chi connectivity index (χ3v) is 2.06. The number of hydrogen-bond donors (Lipinski definition) is 0. The van der Waals surface area contributed by atoms with Crippen LogP contribution in [0.5, 0.6) is 11.5 Å². The van der Waals surface area contributed by atoms with Crippen molar-refractivity contribution in [3.63, 3.8) is 0 Å². The van der Waals surface area contributed by atoms with Gasteiger partial charge >= 0.3 is 6.61 Å². The Bertz CT molecular complexity index is 401. The molecule has 0 aliphatic rings. The van der Waals surface area contributed by atoms with Gasteiger partial charge in [-0.2, -0.15) is 14.0 Å². The highest BCUT2D eigenvalue weighted by Gasteiger charge is 2.11. The van der Waals surface area contributed by atoms with E-state index in [0.29, 0.717) is 11.3 Å². The maximum absolute atomic E-state index is 12.0. The first-order valence-electron chi connectivity index (χ1n) is 4.60. The van der Waals surface area contributed by atoms with Crippen molar-refractivity contribution in [1.82, 2.24) is 0 Å². The molecule has 5 heteroatoms. The second kappa shape index (κ2) is 5.31. The van der Waals surface area contributed by atoms with Gasteiger partial charge < -0.3 is 9.47 Å². The van der Waals surface area contributed by atoms with E-state index in [0.717, 1.165) is 0 Å². The summed E-state index contributed by atoms with van der Waals surface area (Å²) < 4.78 is 33.3. The van der Waals surface area contributed by atoms with Crippen molar-refractivity contribution in [3.05, 3.63) is 23.8 Å². The molecule has 0 aliphatic heterocycles. The molecule has 0 spiro atoms. The van der Waals surface area contributed by atoms with Gasteiger partial charge in [0.25, 0.3) is 0 Å². The second-order valence-corrected chi connectivity index (χ2v) is 3.17. The van der Waals surface area contributed by atoms with Gasteiger partial charge in [-0.1, -0.05) is 0 Å². The lowest BCUT2D eigenvalue weighted by molar-refractivity contribution is -0.0499. The fourth-order valence-corrected chi connectivity index (χ4v) is 1.21. The Morgan fingerprint density at radius 2 is 1.88 bits per heavy atom. The summed E-state index contributed by atoms with van der Waals surface area (Å²) in [4.78, 5) is 0. The molecule has 1 aromatic carbocycles. The first-order valence-corrected chi connectivity index (χ1v) is 4.60. The van der Waals surface area contributed by atoms with Crippen LogP contribution in [0.3, 0.4) is 0 Å². The van der Waals surface area contributed by atoms with E-state index in [4.69, 9.17) is 10.00 Å². The molecule has 0 saturated heterocycles. The van der Waals surface area contributed by atoms with Crippen molar-refractivity contribution >= 4 is 0 Å². The van der Waals surface area contributed by atoms with Gasteiger partial charge in [0, 0.05) is 6.07 Å². The van der Waals surface area contributed by atoms with E-state index in [1.54, 1.807) is 13.0 Å². The zero-order valence-corrected chi connectivity index (χ0v) is 8.91.